The summed E-state index contributed by atoms with van der Waals surface area (Å²) in [5, 5.41) is 0. The summed E-state index contributed by atoms with van der Waals surface area (Å²) in [6.07, 6.45) is 8.55. The molecule has 0 bridgehead atoms. The lowest BCUT2D eigenvalue weighted by molar-refractivity contribution is 0.565. The molecule has 1 aromatic heterocycles. The minimum absolute atomic E-state index is 0.0238. The smallest absolute Gasteiger partial charge is 0.290 e. The molecule has 46 heavy (non-hydrogen) atoms. The Labute approximate surface area is 257 Å². The summed E-state index contributed by atoms with van der Waals surface area (Å²) < 4.78 is 81.7. The molecule has 0 radical (unpaired) electrons. The minimum Gasteiger partial charge on any atom is -0.290 e. The molecule has 6 nitrogen and oxygen atoms in total. The summed E-state index contributed by atoms with van der Waals surface area (Å²) in [6.45, 7) is 0. The van der Waals surface area contributed by atoms with E-state index in [0.717, 1.165) is 45.5 Å². The van der Waals surface area contributed by atoms with Crippen LogP contribution < -0.4 is 11.1 Å². The van der Waals surface area contributed by atoms with E-state index in [2.05, 4.69) is 4.99 Å². The van der Waals surface area contributed by atoms with Crippen LogP contribution in [0.4, 0.5) is 32.0 Å². The molecular formula is C34H21F6N3O3. The normalized spacial score (nSPS) is 11.2. The molecule has 5 aromatic rings. The van der Waals surface area contributed by atoms with Crippen molar-refractivity contribution in [3.63, 3.8) is 0 Å². The van der Waals surface area contributed by atoms with Crippen molar-refractivity contribution < 1.29 is 31.1 Å². The Morgan fingerprint density at radius 2 is 0.957 bits per heavy atom. The molecule has 1 aliphatic carbocycles. The van der Waals surface area contributed by atoms with Crippen molar-refractivity contribution in [3.8, 4) is 11.4 Å². The highest BCUT2D eigenvalue weighted by atomic mass is 19.2. The lowest BCUT2D eigenvalue weighted by Gasteiger charge is -2.05. The van der Waals surface area contributed by atoms with E-state index < -0.39 is 40.6 Å². The number of imidazole rings is 1. The molecule has 4 aromatic carbocycles. The molecule has 0 saturated heterocycles. The van der Waals surface area contributed by atoms with Crippen molar-refractivity contribution in [2.45, 2.75) is 6.42 Å². The van der Waals surface area contributed by atoms with Gasteiger partial charge in [-0.15, -0.1) is 0 Å². The van der Waals surface area contributed by atoms with Gasteiger partial charge in [-0.05, 0) is 55.0 Å². The van der Waals surface area contributed by atoms with Crippen LogP contribution in [0.3, 0.4) is 0 Å². The standard InChI is InChI=1S/C20H12F4N2O.C7H3F2NO.C7H6O/c21-12-6-13(22)9-16(8-12)25-18-4-2-1-3-5-19(18)26(20(25)27)17-10-14(23)7-15(24)11-17;8-5-1-6(9)3-7(2-5)10-4-11;8-7-5-3-1-2-4-6-7/h2-11H,1H2;1-3H;1-6H. The van der Waals surface area contributed by atoms with Gasteiger partial charge in [-0.3, -0.25) is 13.9 Å². The molecule has 0 aliphatic heterocycles. The minimum atomic E-state index is -0.844. The van der Waals surface area contributed by atoms with Gasteiger partial charge in [0, 0.05) is 30.3 Å². The number of hydrogen-bond donors (Lipinski definition) is 0. The molecule has 6 rings (SSSR count). The fraction of sp³-hybridized carbons (Fsp3) is 0.0294. The quantitative estimate of drug-likeness (QED) is 0.117. The first kappa shape index (κ1) is 32.9. The highest BCUT2D eigenvalue weighted by Gasteiger charge is 2.21. The van der Waals surface area contributed by atoms with Gasteiger partial charge in [0.05, 0.1) is 28.5 Å². The van der Waals surface area contributed by atoms with E-state index in [1.54, 1.807) is 36.4 Å². The van der Waals surface area contributed by atoms with Crippen molar-refractivity contribution >= 4 is 23.9 Å². The lowest BCUT2D eigenvalue weighted by Crippen LogP contribution is -2.23. The van der Waals surface area contributed by atoms with Crippen LogP contribution in [-0.2, 0) is 4.79 Å². The van der Waals surface area contributed by atoms with Crippen LogP contribution in [0.2, 0.25) is 0 Å². The second kappa shape index (κ2) is 15.1. The second-order valence-electron chi connectivity index (χ2n) is 9.36. The van der Waals surface area contributed by atoms with Crippen LogP contribution in [0, 0.1) is 34.9 Å². The number of fused-ring (bicyclic) bond motifs is 1. The van der Waals surface area contributed by atoms with Crippen LogP contribution >= 0.6 is 0 Å². The van der Waals surface area contributed by atoms with Gasteiger partial charge in [0.2, 0.25) is 6.08 Å². The lowest BCUT2D eigenvalue weighted by atomic mass is 10.2. The summed E-state index contributed by atoms with van der Waals surface area (Å²) in [6, 6.07) is 18.2. The van der Waals surface area contributed by atoms with Crippen molar-refractivity contribution in [1.82, 2.24) is 9.13 Å². The predicted molar refractivity (Wildman–Crippen MR) is 161 cm³/mol. The SMILES string of the molecule is O=C=Nc1cc(F)cc(F)c1.O=c1cccccc1.O=c1n(-c2cc(F)cc(F)c2)c2c(n1-c1cc(F)cc(F)c1)C=CCC=C2. The molecule has 0 atom stereocenters. The average Bonchev–Trinajstić information content (AvgIpc) is 3.18. The first-order valence-electron chi connectivity index (χ1n) is 13.3. The van der Waals surface area contributed by atoms with Gasteiger partial charge < -0.3 is 0 Å². The van der Waals surface area contributed by atoms with Gasteiger partial charge in [0.15, 0.2) is 5.43 Å². The van der Waals surface area contributed by atoms with E-state index >= 15 is 0 Å². The number of isocyanates is 1. The van der Waals surface area contributed by atoms with Crippen molar-refractivity contribution in [2.75, 3.05) is 0 Å². The first-order chi connectivity index (χ1) is 22.0. The molecule has 0 fully saturated rings. The molecular weight excluding hydrogens is 612 g/mol. The number of hydrogen-bond acceptors (Lipinski definition) is 4. The Kier molecular flexibility index (Phi) is 10.8. The Balaban J connectivity index is 0.000000206. The number of rotatable bonds is 3. The van der Waals surface area contributed by atoms with Gasteiger partial charge in [-0.25, -0.2) is 35.9 Å². The Morgan fingerprint density at radius 3 is 1.35 bits per heavy atom. The van der Waals surface area contributed by atoms with E-state index in [1.807, 2.05) is 12.1 Å². The predicted octanol–water partition coefficient (Wildman–Crippen LogP) is 7.59. The van der Waals surface area contributed by atoms with Crippen LogP contribution in [0.5, 0.6) is 0 Å². The Hall–Kier alpha value is -6.00. The average molecular weight is 634 g/mol. The first-order valence-corrected chi connectivity index (χ1v) is 13.3. The van der Waals surface area contributed by atoms with E-state index in [9.17, 15) is 40.7 Å². The third kappa shape index (κ3) is 8.55. The number of carbonyl (C=O) groups excluding carboxylic acids is 1. The maximum Gasteiger partial charge on any atom is 0.338 e. The Morgan fingerprint density at radius 1 is 0.565 bits per heavy atom. The van der Waals surface area contributed by atoms with Crippen LogP contribution in [0.25, 0.3) is 23.5 Å². The number of aliphatic imine (C=N–C) groups is 1. The molecule has 0 unspecified atom stereocenters. The topological polar surface area (TPSA) is 73.4 Å². The molecule has 232 valence electrons. The van der Waals surface area contributed by atoms with Crippen LogP contribution in [0.15, 0.2) is 118 Å². The van der Waals surface area contributed by atoms with Crippen LogP contribution in [-0.4, -0.2) is 15.2 Å². The molecule has 1 heterocycles. The zero-order valence-corrected chi connectivity index (χ0v) is 23.5. The summed E-state index contributed by atoms with van der Waals surface area (Å²) >= 11 is 0. The molecule has 0 amide bonds. The van der Waals surface area contributed by atoms with Gasteiger partial charge >= 0.3 is 5.69 Å². The maximum atomic E-state index is 13.7. The highest BCUT2D eigenvalue weighted by molar-refractivity contribution is 5.67. The summed E-state index contributed by atoms with van der Waals surface area (Å²) in [5.74, 6) is -4.91. The van der Waals surface area contributed by atoms with E-state index in [4.69, 9.17) is 0 Å². The zero-order valence-electron chi connectivity index (χ0n) is 23.5. The van der Waals surface area contributed by atoms with Gasteiger partial charge in [-0.1, -0.05) is 36.4 Å². The largest absolute Gasteiger partial charge is 0.338 e. The van der Waals surface area contributed by atoms with Crippen molar-refractivity contribution in [1.29, 1.82) is 0 Å². The summed E-state index contributed by atoms with van der Waals surface area (Å²) in [4.78, 5) is 36.3. The fourth-order valence-corrected chi connectivity index (χ4v) is 4.27. The number of allylic oxidation sites excluding steroid dienone is 2. The van der Waals surface area contributed by atoms with Gasteiger partial charge in [-0.2, -0.15) is 4.99 Å². The second-order valence-corrected chi connectivity index (χ2v) is 9.36. The molecule has 12 heteroatoms. The third-order valence-electron chi connectivity index (χ3n) is 6.04. The van der Waals surface area contributed by atoms with E-state index in [-0.39, 0.29) is 22.5 Å². The number of aromatic nitrogens is 2. The van der Waals surface area contributed by atoms with Crippen molar-refractivity contribution in [2.24, 2.45) is 4.99 Å². The van der Waals surface area contributed by atoms with Gasteiger partial charge in [0.1, 0.15) is 34.9 Å². The van der Waals surface area contributed by atoms with E-state index in [1.165, 1.54) is 18.2 Å². The number of benzene rings is 3. The Bertz CT molecular complexity index is 1940. The summed E-state index contributed by atoms with van der Waals surface area (Å²) in [7, 11) is 0. The fourth-order valence-electron chi connectivity index (χ4n) is 4.27. The number of halogens is 6. The molecule has 0 N–H and O–H groups in total. The molecule has 1 aliphatic rings. The highest BCUT2D eigenvalue weighted by Crippen LogP contribution is 2.25. The van der Waals surface area contributed by atoms with Crippen molar-refractivity contribution in [3.05, 3.63) is 170 Å². The third-order valence-corrected chi connectivity index (χ3v) is 6.04. The summed E-state index contributed by atoms with van der Waals surface area (Å²) in [5.41, 5.74) is -0.0702. The maximum absolute atomic E-state index is 13.7. The molecule has 0 spiro atoms. The van der Waals surface area contributed by atoms with E-state index in [0.29, 0.717) is 36.0 Å². The number of nitrogens with zero attached hydrogens (tertiary/aromatic N) is 3. The van der Waals surface area contributed by atoms with Crippen LogP contribution in [0.1, 0.15) is 17.8 Å². The molecule has 0 saturated carbocycles. The zero-order chi connectivity index (χ0) is 33.2. The monoisotopic (exact) mass is 633 g/mol. The van der Waals surface area contributed by atoms with Gasteiger partial charge in [0.25, 0.3) is 0 Å².